The number of aliphatic hydroxyl groups is 1. The zero-order valence-electron chi connectivity index (χ0n) is 7.14. The van der Waals surface area contributed by atoms with Crippen molar-refractivity contribution in [3.05, 3.63) is 0 Å². The van der Waals surface area contributed by atoms with Gasteiger partial charge in [0, 0.05) is 6.61 Å². The van der Waals surface area contributed by atoms with Crippen LogP contribution in [0.1, 0.15) is 39.0 Å². The maximum Gasteiger partial charge on any atom is 0.0431 e. The number of aliphatic hydroxyl groups excluding tert-OH is 1. The monoisotopic (exact) mass is 151 g/mol. The highest BCUT2D eigenvalue weighted by atomic mass is 16.2. The molecule has 0 amide bonds. The summed E-state index contributed by atoms with van der Waals surface area (Å²) in [5, 5.41) is 8.37. The van der Waals surface area contributed by atoms with Crippen molar-refractivity contribution in [3.8, 4) is 0 Å². The van der Waals surface area contributed by atoms with Crippen molar-refractivity contribution in [1.82, 2.24) is 6.15 Å². The minimum absolute atomic E-state index is 0. The molecule has 0 spiro atoms. The lowest BCUT2D eigenvalue weighted by Crippen LogP contribution is -1.81. The van der Waals surface area contributed by atoms with Crippen LogP contribution in [-0.2, 0) is 0 Å². The molecule has 0 atom stereocenters. The first-order valence-electron chi connectivity index (χ1n) is 3.52. The largest absolute Gasteiger partial charge is 0.870 e. The van der Waals surface area contributed by atoms with Crippen molar-refractivity contribution in [3.63, 3.8) is 0 Å². The van der Waals surface area contributed by atoms with Crippen LogP contribution >= 0.6 is 0 Å². The van der Waals surface area contributed by atoms with Crippen LogP contribution in [0, 0.1) is 0 Å². The Morgan fingerprint density at radius 1 is 1.00 bits per heavy atom. The maximum atomic E-state index is 8.37. The topological polar surface area (TPSA) is 86.7 Å². The van der Waals surface area contributed by atoms with E-state index >= 15 is 0 Å². The smallest absolute Gasteiger partial charge is 0.0431 e. The molecule has 0 aliphatic carbocycles. The minimum atomic E-state index is 0. The molecule has 0 aliphatic rings. The van der Waals surface area contributed by atoms with E-state index < -0.39 is 0 Å². The summed E-state index contributed by atoms with van der Waals surface area (Å²) in [6, 6.07) is 0. The van der Waals surface area contributed by atoms with Gasteiger partial charge in [0.25, 0.3) is 0 Å². The number of unbranched alkanes of at least 4 members (excludes halogenated alkanes) is 4. The van der Waals surface area contributed by atoms with E-state index in [1.54, 1.807) is 0 Å². The van der Waals surface area contributed by atoms with Crippen LogP contribution in [-0.4, -0.2) is 17.2 Å². The third-order valence-electron chi connectivity index (χ3n) is 1.26. The Kier molecular flexibility index (Phi) is 26.2. The van der Waals surface area contributed by atoms with Crippen molar-refractivity contribution in [1.29, 1.82) is 0 Å². The van der Waals surface area contributed by atoms with Crippen molar-refractivity contribution >= 4 is 0 Å². The van der Waals surface area contributed by atoms with Gasteiger partial charge in [-0.25, -0.2) is 0 Å². The molecule has 6 N–H and O–H groups in total. The summed E-state index contributed by atoms with van der Waals surface area (Å²) in [4.78, 5) is 0. The summed E-state index contributed by atoms with van der Waals surface area (Å²) in [5.41, 5.74) is 0. The molecule has 0 aromatic rings. The van der Waals surface area contributed by atoms with E-state index in [0.29, 0.717) is 6.61 Å². The van der Waals surface area contributed by atoms with Gasteiger partial charge in [0.15, 0.2) is 0 Å². The van der Waals surface area contributed by atoms with Gasteiger partial charge in [-0.05, 0) is 6.42 Å². The summed E-state index contributed by atoms with van der Waals surface area (Å²) in [5.74, 6) is 0. The third-order valence-corrected chi connectivity index (χ3v) is 1.26. The van der Waals surface area contributed by atoms with E-state index in [1.165, 1.54) is 25.7 Å². The molecule has 3 heteroatoms. The first-order chi connectivity index (χ1) is 3.91. The average molecular weight is 151 g/mol. The standard InChI is InChI=1S/C7H16O.H3N.H2O/c1-2-3-4-5-6-7-8;;/h8H,2-7H2,1H3;1H3;1H2. The SMILES string of the molecule is CCCCCCCO.[NH4+].[OH-]. The van der Waals surface area contributed by atoms with Crippen LogP contribution in [0.15, 0.2) is 0 Å². The Morgan fingerprint density at radius 3 is 1.90 bits per heavy atom. The molecule has 0 saturated carbocycles. The molecule has 0 unspecified atom stereocenters. The lowest BCUT2D eigenvalue weighted by Gasteiger charge is -1.93. The van der Waals surface area contributed by atoms with Gasteiger partial charge in [-0.1, -0.05) is 32.6 Å². The normalized spacial score (nSPS) is 7.80. The highest BCUT2D eigenvalue weighted by molar-refractivity contribution is 4.39. The summed E-state index contributed by atoms with van der Waals surface area (Å²) in [6.45, 7) is 2.56. The van der Waals surface area contributed by atoms with Crippen molar-refractivity contribution in [2.45, 2.75) is 39.0 Å². The molecular formula is C7H21NO2. The summed E-state index contributed by atoms with van der Waals surface area (Å²) < 4.78 is 0. The molecule has 0 bridgehead atoms. The second-order valence-corrected chi connectivity index (χ2v) is 2.14. The zero-order valence-corrected chi connectivity index (χ0v) is 7.14. The number of quaternary nitrogens is 1. The molecule has 0 rings (SSSR count). The molecule has 10 heavy (non-hydrogen) atoms. The van der Waals surface area contributed by atoms with Gasteiger partial charge in [-0.15, -0.1) is 0 Å². The zero-order chi connectivity index (χ0) is 6.24. The molecular weight excluding hydrogens is 130 g/mol. The van der Waals surface area contributed by atoms with Gasteiger partial charge in [0.1, 0.15) is 0 Å². The number of hydrogen-bond donors (Lipinski definition) is 2. The maximum absolute atomic E-state index is 8.37. The Hall–Kier alpha value is -0.120. The van der Waals surface area contributed by atoms with Crippen LogP contribution in [0.3, 0.4) is 0 Å². The van der Waals surface area contributed by atoms with Gasteiger partial charge in [-0.2, -0.15) is 0 Å². The first kappa shape index (κ1) is 16.5. The molecule has 0 saturated heterocycles. The predicted molar refractivity (Wildman–Crippen MR) is 43.8 cm³/mol. The van der Waals surface area contributed by atoms with E-state index in [2.05, 4.69) is 6.92 Å². The molecule has 0 heterocycles. The predicted octanol–water partition coefficient (Wildman–Crippen LogP) is 2.15. The van der Waals surface area contributed by atoms with Crippen molar-refractivity contribution in [2.24, 2.45) is 0 Å². The van der Waals surface area contributed by atoms with E-state index in [1.807, 2.05) is 0 Å². The lowest BCUT2D eigenvalue weighted by atomic mass is 10.2. The van der Waals surface area contributed by atoms with E-state index in [0.717, 1.165) is 6.42 Å². The quantitative estimate of drug-likeness (QED) is 0.590. The fourth-order valence-corrected chi connectivity index (χ4v) is 0.715. The van der Waals surface area contributed by atoms with E-state index in [-0.39, 0.29) is 11.6 Å². The Labute approximate surface area is 63.3 Å². The molecule has 0 aromatic carbocycles. The fourth-order valence-electron chi connectivity index (χ4n) is 0.715. The second-order valence-electron chi connectivity index (χ2n) is 2.14. The Bertz CT molecular complexity index is 36.6. The molecule has 0 radical (unpaired) electrons. The van der Waals surface area contributed by atoms with Crippen molar-refractivity contribution < 1.29 is 10.6 Å². The molecule has 0 aromatic heterocycles. The highest BCUT2D eigenvalue weighted by Crippen LogP contribution is 2.00. The molecule has 3 nitrogen and oxygen atoms in total. The number of hydrogen-bond acceptors (Lipinski definition) is 2. The average Bonchev–Trinajstić information content (AvgIpc) is 1.81. The Balaban J connectivity index is -0.000000245. The van der Waals surface area contributed by atoms with Crippen LogP contribution in [0.5, 0.6) is 0 Å². The van der Waals surface area contributed by atoms with Gasteiger partial charge < -0.3 is 16.7 Å². The fraction of sp³-hybridized carbons (Fsp3) is 1.00. The van der Waals surface area contributed by atoms with Gasteiger partial charge in [0.2, 0.25) is 0 Å². The first-order valence-corrected chi connectivity index (χ1v) is 3.52. The van der Waals surface area contributed by atoms with Gasteiger partial charge >= 0.3 is 0 Å². The third kappa shape index (κ3) is 15.7. The van der Waals surface area contributed by atoms with Crippen molar-refractivity contribution in [2.75, 3.05) is 6.61 Å². The highest BCUT2D eigenvalue weighted by Gasteiger charge is 1.84. The van der Waals surface area contributed by atoms with Crippen LogP contribution < -0.4 is 6.15 Å². The summed E-state index contributed by atoms with van der Waals surface area (Å²) in [7, 11) is 0. The van der Waals surface area contributed by atoms with E-state index in [4.69, 9.17) is 5.11 Å². The summed E-state index contributed by atoms with van der Waals surface area (Å²) >= 11 is 0. The van der Waals surface area contributed by atoms with Crippen LogP contribution in [0.25, 0.3) is 0 Å². The minimum Gasteiger partial charge on any atom is -0.870 e. The summed E-state index contributed by atoms with van der Waals surface area (Å²) in [6.07, 6.45) is 6.08. The van der Waals surface area contributed by atoms with Gasteiger partial charge in [0.05, 0.1) is 0 Å². The molecule has 66 valence electrons. The Morgan fingerprint density at radius 2 is 1.50 bits per heavy atom. The molecule has 0 aliphatic heterocycles. The van der Waals surface area contributed by atoms with E-state index in [9.17, 15) is 0 Å². The second kappa shape index (κ2) is 15.9. The van der Waals surface area contributed by atoms with Crippen LogP contribution in [0.2, 0.25) is 0 Å². The van der Waals surface area contributed by atoms with Gasteiger partial charge in [-0.3, -0.25) is 0 Å². The number of rotatable bonds is 5. The lowest BCUT2D eigenvalue weighted by molar-refractivity contribution is 0.282. The van der Waals surface area contributed by atoms with Crippen LogP contribution in [0.4, 0.5) is 0 Å². The molecule has 0 fully saturated rings.